The fraction of sp³-hybridized carbons (Fsp3) is 0.286. The van der Waals surface area contributed by atoms with Gasteiger partial charge in [0.2, 0.25) is 0 Å². The molecule has 8 heavy (non-hydrogen) atoms. The molecule has 0 saturated carbocycles. The Hall–Kier alpha value is -1.03. The smallest absolute Gasteiger partial charge is 0.141 e. The fourth-order valence-corrected chi connectivity index (χ4v) is 0.704. The molecular formula is C7H6O. The number of hydrogen-bond donors (Lipinski definition) is 0. The summed E-state index contributed by atoms with van der Waals surface area (Å²) in [4.78, 5) is 10.5. The minimum atomic E-state index is 0.234. The molecule has 1 nitrogen and oxygen atoms in total. The third-order valence-corrected chi connectivity index (χ3v) is 1.15. The summed E-state index contributed by atoms with van der Waals surface area (Å²) < 4.78 is 0. The van der Waals surface area contributed by atoms with E-state index in [2.05, 4.69) is 5.92 Å². The van der Waals surface area contributed by atoms with Crippen LogP contribution in [0.2, 0.25) is 0 Å². The SMILES string of the molecule is C#CC1=CCC(=O)C1. The molecular weight excluding hydrogens is 100 g/mol. The minimum absolute atomic E-state index is 0.234. The van der Waals surface area contributed by atoms with E-state index in [9.17, 15) is 4.79 Å². The summed E-state index contributed by atoms with van der Waals surface area (Å²) in [5.41, 5.74) is 0.843. The van der Waals surface area contributed by atoms with Gasteiger partial charge >= 0.3 is 0 Å². The first-order valence-electron chi connectivity index (χ1n) is 2.50. The summed E-state index contributed by atoms with van der Waals surface area (Å²) in [6.07, 6.45) is 7.86. The normalized spacial score (nSPS) is 17.9. The number of hydrogen-bond acceptors (Lipinski definition) is 1. The summed E-state index contributed by atoms with van der Waals surface area (Å²) in [5.74, 6) is 2.67. The summed E-state index contributed by atoms with van der Waals surface area (Å²) in [6.45, 7) is 0. The Morgan fingerprint density at radius 1 is 1.75 bits per heavy atom. The molecule has 1 aliphatic carbocycles. The second kappa shape index (κ2) is 1.83. The molecule has 1 rings (SSSR count). The molecule has 0 amide bonds. The van der Waals surface area contributed by atoms with Crippen molar-refractivity contribution in [3.05, 3.63) is 11.6 Å². The van der Waals surface area contributed by atoms with Crippen LogP contribution in [0.3, 0.4) is 0 Å². The Kier molecular flexibility index (Phi) is 1.17. The van der Waals surface area contributed by atoms with Crippen molar-refractivity contribution >= 4 is 5.78 Å². The average molecular weight is 106 g/mol. The van der Waals surface area contributed by atoms with E-state index in [1.54, 1.807) is 0 Å². The van der Waals surface area contributed by atoms with E-state index in [1.807, 2.05) is 6.08 Å². The number of rotatable bonds is 0. The van der Waals surface area contributed by atoms with Crippen molar-refractivity contribution in [2.45, 2.75) is 12.8 Å². The highest BCUT2D eigenvalue weighted by atomic mass is 16.1. The number of ketones is 1. The first-order valence-corrected chi connectivity index (χ1v) is 2.50. The molecule has 0 atom stereocenters. The van der Waals surface area contributed by atoms with Crippen LogP contribution in [-0.4, -0.2) is 5.78 Å². The molecule has 0 heterocycles. The molecule has 1 heteroatoms. The zero-order valence-electron chi connectivity index (χ0n) is 4.48. The number of carbonyl (C=O) groups is 1. The highest BCUT2D eigenvalue weighted by molar-refractivity contribution is 5.86. The number of terminal acetylenes is 1. The van der Waals surface area contributed by atoms with Crippen molar-refractivity contribution in [3.8, 4) is 12.3 Å². The molecule has 0 aromatic heterocycles. The van der Waals surface area contributed by atoms with E-state index >= 15 is 0 Å². The minimum Gasteiger partial charge on any atom is -0.299 e. The maximum Gasteiger partial charge on any atom is 0.141 e. The van der Waals surface area contributed by atoms with Gasteiger partial charge in [0.05, 0.1) is 0 Å². The molecule has 0 bridgehead atoms. The van der Waals surface area contributed by atoms with Crippen LogP contribution in [0.15, 0.2) is 11.6 Å². The molecule has 0 radical (unpaired) electrons. The predicted octanol–water partition coefficient (Wildman–Crippen LogP) is 0.909. The van der Waals surface area contributed by atoms with Crippen molar-refractivity contribution in [1.29, 1.82) is 0 Å². The quantitative estimate of drug-likeness (QED) is 0.419. The highest BCUT2D eigenvalue weighted by Crippen LogP contribution is 2.11. The van der Waals surface area contributed by atoms with Gasteiger partial charge in [0, 0.05) is 18.4 Å². The Morgan fingerprint density at radius 2 is 2.50 bits per heavy atom. The van der Waals surface area contributed by atoms with Gasteiger partial charge in [-0.3, -0.25) is 4.79 Å². The first-order chi connectivity index (χ1) is 3.83. The number of carbonyl (C=O) groups excluding carboxylic acids is 1. The van der Waals surface area contributed by atoms with E-state index in [0.717, 1.165) is 5.57 Å². The van der Waals surface area contributed by atoms with E-state index in [-0.39, 0.29) is 5.78 Å². The molecule has 0 fully saturated rings. The lowest BCUT2D eigenvalue weighted by Gasteiger charge is -1.80. The van der Waals surface area contributed by atoms with Crippen molar-refractivity contribution in [1.82, 2.24) is 0 Å². The lowest BCUT2D eigenvalue weighted by molar-refractivity contribution is -0.116. The third-order valence-electron chi connectivity index (χ3n) is 1.15. The second-order valence-electron chi connectivity index (χ2n) is 1.79. The highest BCUT2D eigenvalue weighted by Gasteiger charge is 2.09. The van der Waals surface area contributed by atoms with Crippen molar-refractivity contribution in [2.75, 3.05) is 0 Å². The lowest BCUT2D eigenvalue weighted by Crippen LogP contribution is -1.86. The Morgan fingerprint density at radius 3 is 2.75 bits per heavy atom. The average Bonchev–Trinajstić information content (AvgIpc) is 2.14. The van der Waals surface area contributed by atoms with Gasteiger partial charge in [-0.05, 0) is 0 Å². The Labute approximate surface area is 48.4 Å². The van der Waals surface area contributed by atoms with Crippen LogP contribution in [0.5, 0.6) is 0 Å². The van der Waals surface area contributed by atoms with Crippen molar-refractivity contribution in [3.63, 3.8) is 0 Å². The molecule has 0 unspecified atom stereocenters. The van der Waals surface area contributed by atoms with Crippen LogP contribution in [0.25, 0.3) is 0 Å². The van der Waals surface area contributed by atoms with Crippen LogP contribution >= 0.6 is 0 Å². The van der Waals surface area contributed by atoms with Crippen LogP contribution in [-0.2, 0) is 4.79 Å². The van der Waals surface area contributed by atoms with Gasteiger partial charge in [0.15, 0.2) is 0 Å². The topological polar surface area (TPSA) is 17.1 Å². The third kappa shape index (κ3) is 0.788. The zero-order valence-corrected chi connectivity index (χ0v) is 4.48. The zero-order chi connectivity index (χ0) is 5.98. The second-order valence-corrected chi connectivity index (χ2v) is 1.79. The maximum absolute atomic E-state index is 10.5. The Bertz CT molecular complexity index is 181. The van der Waals surface area contributed by atoms with Crippen molar-refractivity contribution < 1.29 is 4.79 Å². The van der Waals surface area contributed by atoms with Gasteiger partial charge in [-0.1, -0.05) is 12.0 Å². The lowest BCUT2D eigenvalue weighted by atomic mass is 10.2. The summed E-state index contributed by atoms with van der Waals surface area (Å²) in [7, 11) is 0. The van der Waals surface area contributed by atoms with Crippen LogP contribution in [0, 0.1) is 12.3 Å². The van der Waals surface area contributed by atoms with Crippen LogP contribution in [0.4, 0.5) is 0 Å². The molecule has 1 aliphatic rings. The van der Waals surface area contributed by atoms with Gasteiger partial charge in [-0.25, -0.2) is 0 Å². The van der Waals surface area contributed by atoms with E-state index in [4.69, 9.17) is 6.42 Å². The Balaban J connectivity index is 2.66. The molecule has 0 aliphatic heterocycles. The van der Waals surface area contributed by atoms with E-state index in [0.29, 0.717) is 12.8 Å². The molecule has 0 aromatic carbocycles. The van der Waals surface area contributed by atoms with Gasteiger partial charge in [0.1, 0.15) is 5.78 Å². The van der Waals surface area contributed by atoms with Gasteiger partial charge in [-0.2, -0.15) is 0 Å². The van der Waals surface area contributed by atoms with Crippen LogP contribution in [0.1, 0.15) is 12.8 Å². The molecule has 0 N–H and O–H groups in total. The van der Waals surface area contributed by atoms with Gasteiger partial charge in [0.25, 0.3) is 0 Å². The monoisotopic (exact) mass is 106 g/mol. The molecule has 0 spiro atoms. The largest absolute Gasteiger partial charge is 0.299 e. The number of allylic oxidation sites excluding steroid dienone is 2. The standard InChI is InChI=1S/C7H6O/c1-2-6-3-4-7(8)5-6/h1,3H,4-5H2. The maximum atomic E-state index is 10.5. The van der Waals surface area contributed by atoms with Crippen LogP contribution < -0.4 is 0 Å². The molecule has 40 valence electrons. The van der Waals surface area contributed by atoms with E-state index in [1.165, 1.54) is 0 Å². The van der Waals surface area contributed by atoms with Gasteiger partial charge in [-0.15, -0.1) is 6.42 Å². The first kappa shape index (κ1) is 5.11. The predicted molar refractivity (Wildman–Crippen MR) is 31.2 cm³/mol. The molecule has 0 saturated heterocycles. The summed E-state index contributed by atoms with van der Waals surface area (Å²) >= 11 is 0. The summed E-state index contributed by atoms with van der Waals surface area (Å²) in [6, 6.07) is 0. The fourth-order valence-electron chi connectivity index (χ4n) is 0.704. The van der Waals surface area contributed by atoms with Crippen molar-refractivity contribution in [2.24, 2.45) is 0 Å². The summed E-state index contributed by atoms with van der Waals surface area (Å²) in [5, 5.41) is 0. The number of Topliss-reactive ketones (excluding diaryl/α,β-unsaturated/α-hetero) is 1. The van der Waals surface area contributed by atoms with Gasteiger partial charge < -0.3 is 0 Å². The molecule has 0 aromatic rings. The van der Waals surface area contributed by atoms with E-state index < -0.39 is 0 Å².